The Labute approximate surface area is 105 Å². The van der Waals surface area contributed by atoms with Gasteiger partial charge in [0.05, 0.1) is 7.11 Å². The SMILES string of the molecule is COc1cc(C)ccc1C(C)C1CCCCC1. The van der Waals surface area contributed by atoms with Crippen molar-refractivity contribution in [3.8, 4) is 5.75 Å². The number of benzene rings is 1. The minimum atomic E-state index is 0.630. The molecule has 1 unspecified atom stereocenters. The van der Waals surface area contributed by atoms with E-state index in [0.29, 0.717) is 5.92 Å². The van der Waals surface area contributed by atoms with Crippen LogP contribution in [0.3, 0.4) is 0 Å². The number of hydrogen-bond donors (Lipinski definition) is 0. The lowest BCUT2D eigenvalue weighted by Crippen LogP contribution is -2.14. The zero-order valence-corrected chi connectivity index (χ0v) is 11.3. The number of methoxy groups -OCH3 is 1. The van der Waals surface area contributed by atoms with Crippen molar-refractivity contribution < 1.29 is 4.74 Å². The molecule has 0 spiro atoms. The second-order valence-corrected chi connectivity index (χ2v) is 5.43. The van der Waals surface area contributed by atoms with Gasteiger partial charge in [-0.3, -0.25) is 0 Å². The summed E-state index contributed by atoms with van der Waals surface area (Å²) in [6.07, 6.45) is 7.01. The van der Waals surface area contributed by atoms with Crippen LogP contribution in [-0.2, 0) is 0 Å². The fourth-order valence-corrected chi connectivity index (χ4v) is 3.08. The summed E-state index contributed by atoms with van der Waals surface area (Å²) < 4.78 is 5.54. The monoisotopic (exact) mass is 232 g/mol. The van der Waals surface area contributed by atoms with Crippen molar-refractivity contribution in [3.63, 3.8) is 0 Å². The molecule has 1 aromatic rings. The van der Waals surface area contributed by atoms with E-state index in [2.05, 4.69) is 32.0 Å². The molecular formula is C16H24O. The number of hydrogen-bond acceptors (Lipinski definition) is 1. The maximum Gasteiger partial charge on any atom is 0.122 e. The van der Waals surface area contributed by atoms with Crippen molar-refractivity contribution in [3.05, 3.63) is 29.3 Å². The van der Waals surface area contributed by atoms with Crippen LogP contribution in [0.25, 0.3) is 0 Å². The van der Waals surface area contributed by atoms with Crippen molar-refractivity contribution in [2.75, 3.05) is 7.11 Å². The van der Waals surface area contributed by atoms with E-state index in [0.717, 1.165) is 11.7 Å². The first-order valence-corrected chi connectivity index (χ1v) is 6.87. The first kappa shape index (κ1) is 12.5. The van der Waals surface area contributed by atoms with Crippen LogP contribution in [0.1, 0.15) is 56.1 Å². The van der Waals surface area contributed by atoms with Crippen LogP contribution >= 0.6 is 0 Å². The average molecular weight is 232 g/mol. The Morgan fingerprint density at radius 3 is 2.53 bits per heavy atom. The number of ether oxygens (including phenoxy) is 1. The van der Waals surface area contributed by atoms with E-state index < -0.39 is 0 Å². The molecule has 1 atom stereocenters. The third-order valence-electron chi connectivity index (χ3n) is 4.24. The molecule has 0 aliphatic heterocycles. The normalized spacial score (nSPS) is 19.0. The molecule has 0 amide bonds. The lowest BCUT2D eigenvalue weighted by molar-refractivity contribution is 0.308. The lowest BCUT2D eigenvalue weighted by Gasteiger charge is -2.29. The first-order chi connectivity index (χ1) is 8.22. The molecule has 2 rings (SSSR count). The van der Waals surface area contributed by atoms with Crippen molar-refractivity contribution in [1.82, 2.24) is 0 Å². The van der Waals surface area contributed by atoms with E-state index in [1.165, 1.54) is 43.2 Å². The van der Waals surface area contributed by atoms with Gasteiger partial charge in [0.1, 0.15) is 5.75 Å². The molecule has 1 aromatic carbocycles. The van der Waals surface area contributed by atoms with Crippen LogP contribution in [0.4, 0.5) is 0 Å². The van der Waals surface area contributed by atoms with E-state index in [9.17, 15) is 0 Å². The predicted molar refractivity (Wildman–Crippen MR) is 72.7 cm³/mol. The zero-order chi connectivity index (χ0) is 12.3. The van der Waals surface area contributed by atoms with Crippen LogP contribution < -0.4 is 4.74 Å². The first-order valence-electron chi connectivity index (χ1n) is 6.87. The summed E-state index contributed by atoms with van der Waals surface area (Å²) in [6, 6.07) is 6.62. The molecular weight excluding hydrogens is 208 g/mol. The summed E-state index contributed by atoms with van der Waals surface area (Å²) in [5, 5.41) is 0. The fourth-order valence-electron chi connectivity index (χ4n) is 3.08. The van der Waals surface area contributed by atoms with Gasteiger partial charge >= 0.3 is 0 Å². The molecule has 1 aliphatic rings. The number of aryl methyl sites for hydroxylation is 1. The number of rotatable bonds is 3. The van der Waals surface area contributed by atoms with E-state index in [-0.39, 0.29) is 0 Å². The molecule has 0 aromatic heterocycles. The van der Waals surface area contributed by atoms with E-state index >= 15 is 0 Å². The lowest BCUT2D eigenvalue weighted by atomic mass is 9.77. The molecule has 1 heteroatoms. The van der Waals surface area contributed by atoms with E-state index in [1.54, 1.807) is 7.11 Å². The van der Waals surface area contributed by atoms with Crippen LogP contribution in [0, 0.1) is 12.8 Å². The highest BCUT2D eigenvalue weighted by atomic mass is 16.5. The molecule has 0 saturated heterocycles. The van der Waals surface area contributed by atoms with Gasteiger partial charge in [0, 0.05) is 0 Å². The quantitative estimate of drug-likeness (QED) is 0.734. The molecule has 0 heterocycles. The van der Waals surface area contributed by atoms with Gasteiger partial charge in [0.25, 0.3) is 0 Å². The van der Waals surface area contributed by atoms with Gasteiger partial charge in [0.15, 0.2) is 0 Å². The predicted octanol–water partition coefficient (Wildman–Crippen LogP) is 4.69. The molecule has 1 fully saturated rings. The maximum absolute atomic E-state index is 5.54. The van der Waals surface area contributed by atoms with Gasteiger partial charge in [-0.1, -0.05) is 38.3 Å². The van der Waals surface area contributed by atoms with Crippen molar-refractivity contribution in [1.29, 1.82) is 0 Å². The van der Waals surface area contributed by atoms with E-state index in [4.69, 9.17) is 4.74 Å². The van der Waals surface area contributed by atoms with Gasteiger partial charge < -0.3 is 4.74 Å². The maximum atomic E-state index is 5.54. The fraction of sp³-hybridized carbons (Fsp3) is 0.625. The third-order valence-corrected chi connectivity index (χ3v) is 4.24. The second kappa shape index (κ2) is 5.57. The Morgan fingerprint density at radius 2 is 1.88 bits per heavy atom. The Morgan fingerprint density at radius 1 is 1.18 bits per heavy atom. The molecule has 0 bridgehead atoms. The van der Waals surface area contributed by atoms with Crippen LogP contribution in [-0.4, -0.2) is 7.11 Å². The molecule has 1 aliphatic carbocycles. The van der Waals surface area contributed by atoms with Gasteiger partial charge in [-0.15, -0.1) is 0 Å². The second-order valence-electron chi connectivity index (χ2n) is 5.43. The Kier molecular flexibility index (Phi) is 4.09. The van der Waals surface area contributed by atoms with Crippen LogP contribution in [0.5, 0.6) is 5.75 Å². The van der Waals surface area contributed by atoms with Gasteiger partial charge in [-0.25, -0.2) is 0 Å². The molecule has 0 N–H and O–H groups in total. The Balaban J connectivity index is 2.19. The summed E-state index contributed by atoms with van der Waals surface area (Å²) in [5.41, 5.74) is 2.67. The van der Waals surface area contributed by atoms with E-state index in [1.807, 2.05) is 0 Å². The Bertz CT molecular complexity index is 364. The standard InChI is InChI=1S/C16H24O/c1-12-9-10-15(16(11-12)17-3)13(2)14-7-5-4-6-8-14/h9-11,13-14H,4-8H2,1-3H3. The topological polar surface area (TPSA) is 9.23 Å². The highest BCUT2D eigenvalue weighted by molar-refractivity contribution is 5.39. The Hall–Kier alpha value is -0.980. The zero-order valence-electron chi connectivity index (χ0n) is 11.3. The third kappa shape index (κ3) is 2.83. The molecule has 1 saturated carbocycles. The molecule has 0 radical (unpaired) electrons. The molecule has 94 valence electrons. The smallest absolute Gasteiger partial charge is 0.122 e. The average Bonchev–Trinajstić information content (AvgIpc) is 2.39. The van der Waals surface area contributed by atoms with Gasteiger partial charge in [0.2, 0.25) is 0 Å². The minimum Gasteiger partial charge on any atom is -0.496 e. The summed E-state index contributed by atoms with van der Waals surface area (Å²) in [6.45, 7) is 4.49. The minimum absolute atomic E-state index is 0.630. The van der Waals surface area contributed by atoms with Crippen molar-refractivity contribution in [2.45, 2.75) is 51.9 Å². The molecule has 17 heavy (non-hydrogen) atoms. The summed E-state index contributed by atoms with van der Waals surface area (Å²) >= 11 is 0. The molecule has 1 nitrogen and oxygen atoms in total. The van der Waals surface area contributed by atoms with Gasteiger partial charge in [-0.05, 0) is 48.8 Å². The van der Waals surface area contributed by atoms with Crippen molar-refractivity contribution >= 4 is 0 Å². The highest BCUT2D eigenvalue weighted by Gasteiger charge is 2.23. The summed E-state index contributed by atoms with van der Waals surface area (Å²) in [5.74, 6) is 2.55. The highest BCUT2D eigenvalue weighted by Crippen LogP contribution is 2.39. The van der Waals surface area contributed by atoms with Crippen LogP contribution in [0.2, 0.25) is 0 Å². The largest absolute Gasteiger partial charge is 0.496 e. The summed E-state index contributed by atoms with van der Waals surface area (Å²) in [4.78, 5) is 0. The van der Waals surface area contributed by atoms with Crippen molar-refractivity contribution in [2.24, 2.45) is 5.92 Å². The van der Waals surface area contributed by atoms with Crippen LogP contribution in [0.15, 0.2) is 18.2 Å². The summed E-state index contributed by atoms with van der Waals surface area (Å²) in [7, 11) is 1.78. The van der Waals surface area contributed by atoms with Gasteiger partial charge in [-0.2, -0.15) is 0 Å².